The quantitative estimate of drug-likeness (QED) is 0.481. The minimum atomic E-state index is 0.0267. The molecule has 4 heteroatoms. The predicted molar refractivity (Wildman–Crippen MR) is 135 cm³/mol. The smallest absolute Gasteiger partial charge is 0.228 e. The zero-order valence-corrected chi connectivity index (χ0v) is 19.2. The molecule has 5 rings (SSSR count). The molecule has 2 aliphatic rings. The molecule has 4 nitrogen and oxygen atoms in total. The van der Waals surface area contributed by atoms with Gasteiger partial charge in [0.25, 0.3) is 0 Å². The largest absolute Gasteiger partial charge is 0.364 e. The monoisotopic (exact) mass is 437 g/mol. The van der Waals surface area contributed by atoms with Crippen molar-refractivity contribution in [3.05, 3.63) is 101 Å². The highest BCUT2D eigenvalue weighted by molar-refractivity contribution is 6.04. The van der Waals surface area contributed by atoms with Crippen molar-refractivity contribution in [3.63, 3.8) is 0 Å². The van der Waals surface area contributed by atoms with Crippen molar-refractivity contribution in [2.75, 3.05) is 5.32 Å². The van der Waals surface area contributed by atoms with E-state index in [1.165, 1.54) is 47.4 Å². The number of allylic oxidation sites excluding steroid dienone is 1. The molecule has 0 saturated heterocycles. The Hall–Kier alpha value is -3.40. The zero-order valence-electron chi connectivity index (χ0n) is 19.2. The SMILES string of the molecule is Cc1cccc(CC(=O)Nc2cccc(C3CCCC(C4=NC=CCc5[nH]ccc54)C3)c2)c1. The van der Waals surface area contributed by atoms with Gasteiger partial charge in [0.2, 0.25) is 5.91 Å². The first-order valence-corrected chi connectivity index (χ1v) is 12.0. The molecule has 1 amide bonds. The van der Waals surface area contributed by atoms with Crippen LogP contribution in [0, 0.1) is 12.8 Å². The van der Waals surface area contributed by atoms with Gasteiger partial charge in [0.05, 0.1) is 12.1 Å². The first-order valence-electron chi connectivity index (χ1n) is 12.0. The second-order valence-electron chi connectivity index (χ2n) is 9.37. The van der Waals surface area contributed by atoms with Crippen LogP contribution in [0.2, 0.25) is 0 Å². The van der Waals surface area contributed by atoms with E-state index in [0.717, 1.165) is 24.1 Å². The number of benzene rings is 2. The van der Waals surface area contributed by atoms with Gasteiger partial charge in [0.1, 0.15) is 0 Å². The fourth-order valence-electron chi connectivity index (χ4n) is 5.34. The molecular weight excluding hydrogens is 406 g/mol. The first kappa shape index (κ1) is 21.4. The Labute approximate surface area is 195 Å². The number of nitrogens with zero attached hydrogens (tertiary/aromatic N) is 1. The lowest BCUT2D eigenvalue weighted by Gasteiger charge is -2.30. The van der Waals surface area contributed by atoms with Crippen LogP contribution in [-0.4, -0.2) is 16.6 Å². The van der Waals surface area contributed by atoms with Gasteiger partial charge in [0.15, 0.2) is 0 Å². The number of aromatic amines is 1. The number of hydrogen-bond donors (Lipinski definition) is 2. The van der Waals surface area contributed by atoms with Crippen LogP contribution in [0.25, 0.3) is 0 Å². The second kappa shape index (κ2) is 9.62. The van der Waals surface area contributed by atoms with Crippen LogP contribution in [0.4, 0.5) is 5.69 Å². The van der Waals surface area contributed by atoms with E-state index in [4.69, 9.17) is 4.99 Å². The van der Waals surface area contributed by atoms with Gasteiger partial charge in [-0.15, -0.1) is 0 Å². The Balaban J connectivity index is 1.28. The summed E-state index contributed by atoms with van der Waals surface area (Å²) < 4.78 is 0. The average molecular weight is 438 g/mol. The number of anilines is 1. The summed E-state index contributed by atoms with van der Waals surface area (Å²) in [7, 11) is 0. The van der Waals surface area contributed by atoms with Crippen molar-refractivity contribution in [2.45, 2.75) is 51.4 Å². The molecule has 2 aromatic carbocycles. The van der Waals surface area contributed by atoms with Gasteiger partial charge in [-0.3, -0.25) is 9.79 Å². The van der Waals surface area contributed by atoms with Crippen molar-refractivity contribution < 1.29 is 4.79 Å². The number of carbonyl (C=O) groups is 1. The van der Waals surface area contributed by atoms with Crippen molar-refractivity contribution >= 4 is 17.3 Å². The number of carbonyl (C=O) groups excluding carboxylic acids is 1. The predicted octanol–water partition coefficient (Wildman–Crippen LogP) is 6.34. The lowest BCUT2D eigenvalue weighted by atomic mass is 9.75. The number of H-pyrrole nitrogens is 1. The van der Waals surface area contributed by atoms with E-state index in [0.29, 0.717) is 18.3 Å². The number of rotatable bonds is 5. The van der Waals surface area contributed by atoms with Gasteiger partial charge in [0, 0.05) is 41.7 Å². The molecule has 33 heavy (non-hydrogen) atoms. The Morgan fingerprint density at radius 2 is 1.97 bits per heavy atom. The van der Waals surface area contributed by atoms with Gasteiger partial charge in [-0.1, -0.05) is 54.5 Å². The number of amides is 1. The normalized spacial score (nSPS) is 20.0. The van der Waals surface area contributed by atoms with Crippen LogP contribution in [0.3, 0.4) is 0 Å². The van der Waals surface area contributed by atoms with Crippen LogP contribution in [0.5, 0.6) is 0 Å². The third kappa shape index (κ3) is 5.00. The molecule has 2 atom stereocenters. The van der Waals surface area contributed by atoms with Crippen molar-refractivity contribution in [2.24, 2.45) is 10.9 Å². The molecule has 0 bridgehead atoms. The summed E-state index contributed by atoms with van der Waals surface area (Å²) in [6, 6.07) is 18.7. The van der Waals surface area contributed by atoms with Crippen LogP contribution >= 0.6 is 0 Å². The number of nitrogens with one attached hydrogen (secondary N) is 2. The first-order chi connectivity index (χ1) is 16.2. The number of aryl methyl sites for hydroxylation is 1. The number of aliphatic imine (C=N–C) groups is 1. The molecule has 1 saturated carbocycles. The van der Waals surface area contributed by atoms with Crippen LogP contribution in [-0.2, 0) is 17.6 Å². The van der Waals surface area contributed by atoms with E-state index in [9.17, 15) is 4.79 Å². The summed E-state index contributed by atoms with van der Waals surface area (Å²) >= 11 is 0. The van der Waals surface area contributed by atoms with Crippen molar-refractivity contribution in [1.29, 1.82) is 0 Å². The molecule has 1 fully saturated rings. The van der Waals surface area contributed by atoms with Gasteiger partial charge >= 0.3 is 0 Å². The standard InChI is InChI=1S/C29H31N3O/c1-20-6-2-7-21(16-20)17-28(33)32-25-11-4-9-23(19-25)22-8-3-10-24(18-22)29-26-13-15-30-27(26)12-5-14-31-29/h2,4-7,9,11,13-16,19,22,24,30H,3,8,10,12,17-18H2,1H3,(H,32,33). The molecular formula is C29H31N3O. The molecule has 1 aromatic heterocycles. The van der Waals surface area contributed by atoms with Gasteiger partial charge in [-0.05, 0) is 61.4 Å². The van der Waals surface area contributed by atoms with E-state index in [1.54, 1.807) is 0 Å². The van der Waals surface area contributed by atoms with E-state index < -0.39 is 0 Å². The molecule has 2 N–H and O–H groups in total. The molecule has 3 aromatic rings. The Bertz CT molecular complexity index is 1200. The highest BCUT2D eigenvalue weighted by Gasteiger charge is 2.29. The summed E-state index contributed by atoms with van der Waals surface area (Å²) in [5.41, 5.74) is 8.19. The molecule has 0 spiro atoms. The maximum atomic E-state index is 12.6. The highest BCUT2D eigenvalue weighted by Crippen LogP contribution is 2.39. The number of aromatic nitrogens is 1. The number of hydrogen-bond acceptors (Lipinski definition) is 2. The number of fused-ring (bicyclic) bond motifs is 1. The van der Waals surface area contributed by atoms with Gasteiger partial charge in [-0.25, -0.2) is 0 Å². The highest BCUT2D eigenvalue weighted by atomic mass is 16.1. The Morgan fingerprint density at radius 1 is 1.09 bits per heavy atom. The van der Waals surface area contributed by atoms with Crippen LogP contribution < -0.4 is 5.32 Å². The maximum Gasteiger partial charge on any atom is 0.228 e. The third-order valence-electron chi connectivity index (χ3n) is 6.90. The van der Waals surface area contributed by atoms with Crippen molar-refractivity contribution in [1.82, 2.24) is 4.98 Å². The zero-order chi connectivity index (χ0) is 22.6. The van der Waals surface area contributed by atoms with E-state index in [2.05, 4.69) is 59.7 Å². The Morgan fingerprint density at radius 3 is 2.88 bits per heavy atom. The maximum absolute atomic E-state index is 12.6. The summed E-state index contributed by atoms with van der Waals surface area (Å²) in [5, 5.41) is 3.11. The van der Waals surface area contributed by atoms with Gasteiger partial charge < -0.3 is 10.3 Å². The average Bonchev–Trinajstić information content (AvgIpc) is 3.18. The van der Waals surface area contributed by atoms with E-state index in [-0.39, 0.29) is 5.91 Å². The summed E-state index contributed by atoms with van der Waals surface area (Å²) in [6.07, 6.45) is 12.1. The summed E-state index contributed by atoms with van der Waals surface area (Å²) in [6.45, 7) is 2.05. The Kier molecular flexibility index (Phi) is 6.25. The fraction of sp³-hybridized carbons (Fsp3) is 0.310. The molecule has 2 unspecified atom stereocenters. The lowest BCUT2D eigenvalue weighted by Crippen LogP contribution is -2.23. The molecule has 1 aliphatic heterocycles. The topological polar surface area (TPSA) is 57.2 Å². The third-order valence-corrected chi connectivity index (χ3v) is 6.90. The van der Waals surface area contributed by atoms with E-state index >= 15 is 0 Å². The van der Waals surface area contributed by atoms with Crippen molar-refractivity contribution in [3.8, 4) is 0 Å². The van der Waals surface area contributed by atoms with Gasteiger partial charge in [-0.2, -0.15) is 0 Å². The minimum Gasteiger partial charge on any atom is -0.364 e. The molecule has 2 heterocycles. The van der Waals surface area contributed by atoms with E-state index in [1.807, 2.05) is 30.6 Å². The van der Waals surface area contributed by atoms with Crippen LogP contribution in [0.1, 0.15) is 59.5 Å². The lowest BCUT2D eigenvalue weighted by molar-refractivity contribution is -0.115. The minimum absolute atomic E-state index is 0.0267. The second-order valence-corrected chi connectivity index (χ2v) is 9.37. The molecule has 1 aliphatic carbocycles. The fourth-order valence-corrected chi connectivity index (χ4v) is 5.34. The molecule has 0 radical (unpaired) electrons. The summed E-state index contributed by atoms with van der Waals surface area (Å²) in [5.74, 6) is 0.967. The summed E-state index contributed by atoms with van der Waals surface area (Å²) in [4.78, 5) is 20.9. The molecule has 168 valence electrons. The van der Waals surface area contributed by atoms with Crippen LogP contribution in [0.15, 0.2) is 78.1 Å².